The van der Waals surface area contributed by atoms with Gasteiger partial charge in [-0.2, -0.15) is 0 Å². The highest BCUT2D eigenvalue weighted by molar-refractivity contribution is 6.12. The van der Waals surface area contributed by atoms with E-state index in [-0.39, 0.29) is 11.9 Å². The lowest BCUT2D eigenvalue weighted by Crippen LogP contribution is -2.43. The standard InChI is InChI=1S/C26H38N8O/c1-19(29-24-10-9-20(17-28-24)18-33-13-11-32(4)12-14-33)30-25-21(16-27)15-23(26(35)31(2)3)34(25)22-7-5-6-8-22/h9-10,15-17,22H,1,5-8,11-14,18,27H2,2-4H3,(H,28,29)/b21-16-,30-25+. The average molecular weight is 479 g/mol. The zero-order chi connectivity index (χ0) is 24.9. The van der Waals surface area contributed by atoms with Crippen molar-refractivity contribution in [2.75, 3.05) is 52.6 Å². The molecule has 0 spiro atoms. The van der Waals surface area contributed by atoms with Gasteiger partial charge in [-0.25, -0.2) is 9.98 Å². The summed E-state index contributed by atoms with van der Waals surface area (Å²) in [6.45, 7) is 9.36. The molecule has 1 aromatic heterocycles. The number of carbonyl (C=O) groups excluding carboxylic acids is 1. The van der Waals surface area contributed by atoms with Gasteiger partial charge >= 0.3 is 0 Å². The summed E-state index contributed by atoms with van der Waals surface area (Å²) in [6, 6.07) is 4.27. The number of amides is 1. The van der Waals surface area contributed by atoms with E-state index in [2.05, 4.69) is 39.8 Å². The normalized spacial score (nSPS) is 22.1. The van der Waals surface area contributed by atoms with E-state index in [1.54, 1.807) is 19.0 Å². The quantitative estimate of drug-likeness (QED) is 0.620. The number of aliphatic imine (C=N–C) groups is 1. The van der Waals surface area contributed by atoms with Crippen molar-refractivity contribution in [3.8, 4) is 0 Å². The first-order valence-electron chi connectivity index (χ1n) is 12.4. The van der Waals surface area contributed by atoms with Crippen LogP contribution >= 0.6 is 0 Å². The molecule has 1 aliphatic carbocycles. The van der Waals surface area contributed by atoms with Gasteiger partial charge in [-0.3, -0.25) is 9.69 Å². The van der Waals surface area contributed by atoms with E-state index in [1.807, 2.05) is 23.2 Å². The fourth-order valence-corrected chi connectivity index (χ4v) is 4.86. The molecule has 0 atom stereocenters. The summed E-state index contributed by atoms with van der Waals surface area (Å²) in [5.41, 5.74) is 8.46. The van der Waals surface area contributed by atoms with Crippen molar-refractivity contribution < 1.29 is 4.79 Å². The summed E-state index contributed by atoms with van der Waals surface area (Å²) < 4.78 is 0. The SMILES string of the molecule is C=C(/N=C1\C(=C/N)C=C(C(=O)N(C)C)N1C1CCCC1)Nc1ccc(CN2CCN(C)CC2)cn1. The minimum absolute atomic E-state index is 0.0578. The van der Waals surface area contributed by atoms with Gasteiger partial charge < -0.3 is 25.8 Å². The number of pyridine rings is 1. The Morgan fingerprint density at radius 1 is 1.26 bits per heavy atom. The van der Waals surface area contributed by atoms with Gasteiger partial charge in [0.05, 0.1) is 0 Å². The Balaban J connectivity index is 1.46. The van der Waals surface area contributed by atoms with Crippen molar-refractivity contribution in [1.82, 2.24) is 24.6 Å². The lowest BCUT2D eigenvalue weighted by atomic mass is 10.2. The van der Waals surface area contributed by atoms with E-state index in [4.69, 9.17) is 10.7 Å². The third-order valence-electron chi connectivity index (χ3n) is 6.87. The molecule has 4 rings (SSSR count). The fraction of sp³-hybridized carbons (Fsp3) is 0.500. The first-order valence-corrected chi connectivity index (χ1v) is 12.4. The molecule has 2 aliphatic heterocycles. The molecule has 9 heteroatoms. The molecular formula is C26H38N8O. The minimum Gasteiger partial charge on any atom is -0.404 e. The first-order chi connectivity index (χ1) is 16.9. The van der Waals surface area contributed by atoms with E-state index in [0.29, 0.717) is 23.2 Å². The molecule has 3 heterocycles. The number of amidine groups is 1. The Hall–Kier alpha value is -3.17. The van der Waals surface area contributed by atoms with Gasteiger partial charge in [-0.15, -0.1) is 0 Å². The minimum atomic E-state index is -0.0578. The van der Waals surface area contributed by atoms with Gasteiger partial charge in [-0.1, -0.05) is 25.5 Å². The highest BCUT2D eigenvalue weighted by Gasteiger charge is 2.37. The Morgan fingerprint density at radius 3 is 2.57 bits per heavy atom. The summed E-state index contributed by atoms with van der Waals surface area (Å²) in [4.78, 5) is 30.7. The maximum absolute atomic E-state index is 12.9. The maximum atomic E-state index is 12.9. The van der Waals surface area contributed by atoms with Gasteiger partial charge in [0.1, 0.15) is 23.2 Å². The fourth-order valence-electron chi connectivity index (χ4n) is 4.86. The third kappa shape index (κ3) is 5.91. The summed E-state index contributed by atoms with van der Waals surface area (Å²) in [6.07, 6.45) is 9.57. The number of likely N-dealkylation sites (N-methyl/N-ethyl adjacent to an activating group) is 2. The van der Waals surface area contributed by atoms with Crippen LogP contribution in [-0.4, -0.2) is 89.7 Å². The number of hydrogen-bond acceptors (Lipinski definition) is 7. The average Bonchev–Trinajstić information content (AvgIpc) is 3.49. The maximum Gasteiger partial charge on any atom is 0.270 e. The van der Waals surface area contributed by atoms with Crippen LogP contribution in [0.2, 0.25) is 0 Å². The number of nitrogens with two attached hydrogens (primary N) is 1. The van der Waals surface area contributed by atoms with E-state index in [1.165, 1.54) is 11.8 Å². The Labute approximate surface area is 208 Å². The van der Waals surface area contributed by atoms with Crippen LogP contribution in [0.5, 0.6) is 0 Å². The van der Waals surface area contributed by atoms with Crippen LogP contribution < -0.4 is 11.1 Å². The molecule has 1 saturated carbocycles. The second-order valence-electron chi connectivity index (χ2n) is 9.80. The van der Waals surface area contributed by atoms with Crippen molar-refractivity contribution in [2.24, 2.45) is 10.7 Å². The first kappa shape index (κ1) is 24.9. The van der Waals surface area contributed by atoms with Crippen LogP contribution in [-0.2, 0) is 11.3 Å². The monoisotopic (exact) mass is 478 g/mol. The molecule has 35 heavy (non-hydrogen) atoms. The van der Waals surface area contributed by atoms with E-state index >= 15 is 0 Å². The van der Waals surface area contributed by atoms with E-state index in [0.717, 1.165) is 64.0 Å². The number of nitrogens with one attached hydrogen (secondary N) is 1. The highest BCUT2D eigenvalue weighted by atomic mass is 16.2. The van der Waals surface area contributed by atoms with Gasteiger partial charge in [0, 0.05) is 70.8 Å². The van der Waals surface area contributed by atoms with Crippen LogP contribution in [0.3, 0.4) is 0 Å². The van der Waals surface area contributed by atoms with Gasteiger partial charge in [0.2, 0.25) is 0 Å². The molecule has 1 aromatic rings. The molecule has 1 amide bonds. The van der Waals surface area contributed by atoms with Crippen LogP contribution in [0.1, 0.15) is 31.2 Å². The van der Waals surface area contributed by atoms with Crippen LogP contribution in [0.25, 0.3) is 0 Å². The molecule has 2 fully saturated rings. The van der Waals surface area contributed by atoms with Crippen LogP contribution in [0, 0.1) is 0 Å². The third-order valence-corrected chi connectivity index (χ3v) is 6.87. The zero-order valence-corrected chi connectivity index (χ0v) is 21.2. The largest absolute Gasteiger partial charge is 0.404 e. The molecule has 1 saturated heterocycles. The Morgan fingerprint density at radius 2 is 1.97 bits per heavy atom. The van der Waals surface area contributed by atoms with Gasteiger partial charge in [0.15, 0.2) is 0 Å². The van der Waals surface area contributed by atoms with Gasteiger partial charge in [-0.05, 0) is 37.6 Å². The molecule has 0 radical (unpaired) electrons. The number of piperazine rings is 1. The van der Waals surface area contributed by atoms with E-state index in [9.17, 15) is 4.79 Å². The van der Waals surface area contributed by atoms with Crippen molar-refractivity contribution in [3.63, 3.8) is 0 Å². The molecule has 9 nitrogen and oxygen atoms in total. The zero-order valence-electron chi connectivity index (χ0n) is 21.2. The number of nitrogens with zero attached hydrogens (tertiary/aromatic N) is 6. The molecule has 3 N–H and O–H groups in total. The predicted molar refractivity (Wildman–Crippen MR) is 140 cm³/mol. The summed E-state index contributed by atoms with van der Waals surface area (Å²) in [5.74, 6) is 1.74. The van der Waals surface area contributed by atoms with Crippen LogP contribution in [0.15, 0.2) is 59.3 Å². The second kappa shape index (κ2) is 11.0. The molecule has 0 unspecified atom stereocenters. The summed E-state index contributed by atoms with van der Waals surface area (Å²) in [5, 5.41) is 3.20. The number of carbonyl (C=O) groups is 1. The number of aromatic nitrogens is 1. The molecule has 0 bridgehead atoms. The molecule has 0 aromatic carbocycles. The predicted octanol–water partition coefficient (Wildman–Crippen LogP) is 2.18. The molecular weight excluding hydrogens is 440 g/mol. The number of anilines is 1. The van der Waals surface area contributed by atoms with Crippen molar-refractivity contribution in [1.29, 1.82) is 0 Å². The Kier molecular flexibility index (Phi) is 7.87. The number of rotatable bonds is 7. The van der Waals surface area contributed by atoms with Gasteiger partial charge in [0.25, 0.3) is 5.91 Å². The van der Waals surface area contributed by atoms with Crippen molar-refractivity contribution in [3.05, 3.63) is 59.8 Å². The topological polar surface area (TPSA) is 93.3 Å². The number of hydrogen-bond donors (Lipinski definition) is 2. The highest BCUT2D eigenvalue weighted by Crippen LogP contribution is 2.33. The summed E-state index contributed by atoms with van der Waals surface area (Å²) in [7, 11) is 5.68. The second-order valence-corrected chi connectivity index (χ2v) is 9.80. The summed E-state index contributed by atoms with van der Waals surface area (Å²) >= 11 is 0. The Bertz CT molecular complexity index is 1010. The molecule has 188 valence electrons. The molecule has 3 aliphatic rings. The van der Waals surface area contributed by atoms with Crippen molar-refractivity contribution >= 4 is 17.6 Å². The van der Waals surface area contributed by atoms with Crippen LogP contribution in [0.4, 0.5) is 5.82 Å². The lowest BCUT2D eigenvalue weighted by molar-refractivity contribution is -0.126. The van der Waals surface area contributed by atoms with Crippen molar-refractivity contribution in [2.45, 2.75) is 38.3 Å². The lowest BCUT2D eigenvalue weighted by Gasteiger charge is -2.32. The smallest absolute Gasteiger partial charge is 0.270 e. The van der Waals surface area contributed by atoms with E-state index < -0.39 is 0 Å².